The van der Waals surface area contributed by atoms with Crippen molar-refractivity contribution in [1.82, 2.24) is 0 Å². The number of amides is 2. The summed E-state index contributed by atoms with van der Waals surface area (Å²) in [5.74, 6) is 0.671. The van der Waals surface area contributed by atoms with Gasteiger partial charge in [0, 0.05) is 22.7 Å². The minimum absolute atomic E-state index is 0.242. The van der Waals surface area contributed by atoms with Gasteiger partial charge in [0.2, 0.25) is 6.41 Å². The van der Waals surface area contributed by atoms with Gasteiger partial charge >= 0.3 is 0 Å². The highest BCUT2D eigenvalue weighted by atomic mass is 35.5. The second kappa shape index (κ2) is 8.24. The van der Waals surface area contributed by atoms with E-state index in [9.17, 15) is 9.59 Å². The molecule has 0 unspecified atom stereocenters. The maximum Gasteiger partial charge on any atom is 0.255 e. The van der Waals surface area contributed by atoms with E-state index in [-0.39, 0.29) is 5.91 Å². The molecule has 1 aliphatic rings. The van der Waals surface area contributed by atoms with E-state index >= 15 is 0 Å². The van der Waals surface area contributed by atoms with Crippen molar-refractivity contribution in [2.45, 2.75) is 0 Å². The summed E-state index contributed by atoms with van der Waals surface area (Å²) in [7, 11) is 0. The number of nitrogens with one attached hydrogen (secondary N) is 2. The SMILES string of the molecule is O=CNc1cc(NC(=O)c2ccc(N3COCCS3)cc2)ccc1Cl. The van der Waals surface area contributed by atoms with Crippen molar-refractivity contribution in [2.75, 3.05) is 34.0 Å². The fourth-order valence-corrected chi connectivity index (χ4v) is 3.30. The van der Waals surface area contributed by atoms with E-state index in [2.05, 4.69) is 10.6 Å². The Hall–Kier alpha value is -2.22. The minimum atomic E-state index is -0.242. The highest BCUT2D eigenvalue weighted by Crippen LogP contribution is 2.27. The third-order valence-corrected chi connectivity index (χ3v) is 4.85. The molecule has 2 N–H and O–H groups in total. The van der Waals surface area contributed by atoms with Gasteiger partial charge in [-0.25, -0.2) is 0 Å². The second-order valence-corrected chi connectivity index (χ2v) is 6.72. The summed E-state index contributed by atoms with van der Waals surface area (Å²) in [5.41, 5.74) is 2.51. The van der Waals surface area contributed by atoms with E-state index in [0.29, 0.717) is 35.1 Å². The van der Waals surface area contributed by atoms with Crippen LogP contribution in [0.2, 0.25) is 5.02 Å². The van der Waals surface area contributed by atoms with Gasteiger partial charge in [0.1, 0.15) is 6.73 Å². The summed E-state index contributed by atoms with van der Waals surface area (Å²) in [5, 5.41) is 5.67. The van der Waals surface area contributed by atoms with Gasteiger partial charge in [-0.3, -0.25) is 13.9 Å². The van der Waals surface area contributed by atoms with E-state index < -0.39 is 0 Å². The second-order valence-electron chi connectivity index (χ2n) is 5.21. The molecule has 1 saturated heterocycles. The monoisotopic (exact) mass is 377 g/mol. The number of carbonyl (C=O) groups is 2. The molecule has 0 aromatic heterocycles. The van der Waals surface area contributed by atoms with Gasteiger partial charge in [-0.2, -0.15) is 0 Å². The quantitative estimate of drug-likeness (QED) is 0.615. The van der Waals surface area contributed by atoms with Crippen molar-refractivity contribution in [3.05, 3.63) is 53.1 Å². The zero-order valence-corrected chi connectivity index (χ0v) is 14.8. The number of hydrogen-bond donors (Lipinski definition) is 2. The lowest BCUT2D eigenvalue weighted by molar-refractivity contribution is -0.105. The topological polar surface area (TPSA) is 70.7 Å². The van der Waals surface area contributed by atoms with Gasteiger partial charge in [0.15, 0.2) is 0 Å². The Kier molecular flexibility index (Phi) is 5.80. The highest BCUT2D eigenvalue weighted by Gasteiger charge is 2.13. The zero-order chi connectivity index (χ0) is 17.6. The molecule has 0 saturated carbocycles. The molecule has 1 aliphatic heterocycles. The molecule has 3 rings (SSSR count). The summed E-state index contributed by atoms with van der Waals surface area (Å²) < 4.78 is 7.46. The van der Waals surface area contributed by atoms with Crippen LogP contribution in [0.5, 0.6) is 0 Å². The summed E-state index contributed by atoms with van der Waals surface area (Å²) in [4.78, 5) is 23.0. The summed E-state index contributed by atoms with van der Waals surface area (Å²) in [6.07, 6.45) is 0.536. The molecule has 1 fully saturated rings. The highest BCUT2D eigenvalue weighted by molar-refractivity contribution is 8.00. The van der Waals surface area contributed by atoms with Crippen LogP contribution in [0.25, 0.3) is 0 Å². The number of benzene rings is 2. The zero-order valence-electron chi connectivity index (χ0n) is 13.2. The van der Waals surface area contributed by atoms with E-state index in [1.54, 1.807) is 42.3 Å². The molecule has 2 aromatic carbocycles. The van der Waals surface area contributed by atoms with Crippen LogP contribution in [0.1, 0.15) is 10.4 Å². The van der Waals surface area contributed by atoms with Crippen LogP contribution in [-0.2, 0) is 9.53 Å². The van der Waals surface area contributed by atoms with Crippen LogP contribution in [0, 0.1) is 0 Å². The average Bonchev–Trinajstić information content (AvgIpc) is 2.65. The summed E-state index contributed by atoms with van der Waals surface area (Å²) in [6.45, 7) is 1.29. The van der Waals surface area contributed by atoms with Crippen molar-refractivity contribution >= 4 is 52.9 Å². The van der Waals surface area contributed by atoms with Gasteiger partial charge in [0.05, 0.1) is 17.3 Å². The molecule has 2 amide bonds. The first-order chi connectivity index (χ1) is 12.2. The first-order valence-electron chi connectivity index (χ1n) is 7.57. The molecule has 0 radical (unpaired) electrons. The first kappa shape index (κ1) is 17.6. The third kappa shape index (κ3) is 4.45. The first-order valence-corrected chi connectivity index (χ1v) is 8.89. The Labute approximate surface area is 154 Å². The summed E-state index contributed by atoms with van der Waals surface area (Å²) >= 11 is 7.67. The largest absolute Gasteiger partial charge is 0.359 e. The van der Waals surface area contributed by atoms with E-state index in [4.69, 9.17) is 16.3 Å². The molecule has 130 valence electrons. The van der Waals surface area contributed by atoms with Crippen LogP contribution in [0.3, 0.4) is 0 Å². The van der Waals surface area contributed by atoms with E-state index in [1.165, 1.54) is 0 Å². The lowest BCUT2D eigenvalue weighted by Crippen LogP contribution is -2.25. The molecular formula is C17H16ClN3O3S. The van der Waals surface area contributed by atoms with Crippen molar-refractivity contribution in [1.29, 1.82) is 0 Å². The van der Waals surface area contributed by atoms with Gasteiger partial charge in [-0.15, -0.1) is 0 Å². The Bertz CT molecular complexity index is 764. The Balaban J connectivity index is 1.68. The molecule has 1 heterocycles. The van der Waals surface area contributed by atoms with Crippen LogP contribution >= 0.6 is 23.5 Å². The average molecular weight is 378 g/mol. The number of ether oxygens (including phenoxy) is 1. The van der Waals surface area contributed by atoms with Crippen LogP contribution < -0.4 is 14.9 Å². The molecule has 0 bridgehead atoms. The predicted octanol–water partition coefficient (Wildman–Crippen LogP) is 3.60. The number of hydrogen-bond acceptors (Lipinski definition) is 5. The van der Waals surface area contributed by atoms with Gasteiger partial charge in [-0.1, -0.05) is 11.6 Å². The molecule has 0 atom stereocenters. The molecular weight excluding hydrogens is 362 g/mol. The van der Waals surface area contributed by atoms with Crippen LogP contribution in [0.4, 0.5) is 17.1 Å². The smallest absolute Gasteiger partial charge is 0.255 e. The van der Waals surface area contributed by atoms with Gasteiger partial charge in [-0.05, 0) is 54.4 Å². The van der Waals surface area contributed by atoms with Gasteiger partial charge in [0.25, 0.3) is 5.91 Å². The lowest BCUT2D eigenvalue weighted by Gasteiger charge is -2.27. The Morgan fingerprint density at radius 3 is 2.72 bits per heavy atom. The van der Waals surface area contributed by atoms with E-state index in [0.717, 1.165) is 18.0 Å². The Morgan fingerprint density at radius 2 is 2.04 bits per heavy atom. The number of anilines is 3. The fourth-order valence-electron chi connectivity index (χ4n) is 2.30. The number of carbonyl (C=O) groups excluding carboxylic acids is 2. The molecule has 6 nitrogen and oxygen atoms in total. The fraction of sp³-hybridized carbons (Fsp3) is 0.176. The maximum atomic E-state index is 12.4. The normalized spacial score (nSPS) is 14.0. The minimum Gasteiger partial charge on any atom is -0.359 e. The number of rotatable bonds is 5. The number of halogens is 1. The van der Waals surface area contributed by atoms with Crippen molar-refractivity contribution in [3.63, 3.8) is 0 Å². The molecule has 2 aromatic rings. The van der Waals surface area contributed by atoms with Crippen molar-refractivity contribution < 1.29 is 14.3 Å². The maximum absolute atomic E-state index is 12.4. The number of nitrogens with zero attached hydrogens (tertiary/aromatic N) is 1. The molecule has 8 heteroatoms. The van der Waals surface area contributed by atoms with Gasteiger partial charge < -0.3 is 15.4 Å². The third-order valence-electron chi connectivity index (χ3n) is 3.54. The van der Waals surface area contributed by atoms with Crippen molar-refractivity contribution in [3.8, 4) is 0 Å². The lowest BCUT2D eigenvalue weighted by atomic mass is 10.2. The van der Waals surface area contributed by atoms with Crippen LogP contribution in [0.15, 0.2) is 42.5 Å². The van der Waals surface area contributed by atoms with Crippen molar-refractivity contribution in [2.24, 2.45) is 0 Å². The van der Waals surface area contributed by atoms with Crippen LogP contribution in [-0.4, -0.2) is 31.4 Å². The predicted molar refractivity (Wildman–Crippen MR) is 101 cm³/mol. The standard InChI is InChI=1S/C17H16ClN3O3S/c18-15-6-3-13(9-16(15)19-10-22)20-17(23)12-1-4-14(5-2-12)21-11-24-7-8-25-21/h1-6,9-10H,7-8,11H2,(H,19,22)(H,20,23). The molecule has 25 heavy (non-hydrogen) atoms. The Morgan fingerprint density at radius 1 is 1.24 bits per heavy atom. The molecule has 0 spiro atoms. The molecule has 0 aliphatic carbocycles. The van der Waals surface area contributed by atoms with E-state index in [1.807, 2.05) is 16.4 Å². The summed E-state index contributed by atoms with van der Waals surface area (Å²) in [6, 6.07) is 12.2.